The fourth-order valence-electron chi connectivity index (χ4n) is 2.75. The van der Waals surface area contributed by atoms with Crippen LogP contribution in [0.5, 0.6) is 0 Å². The van der Waals surface area contributed by atoms with E-state index in [-0.39, 0.29) is 5.91 Å². The number of carbonyl (C=O) groups is 1. The van der Waals surface area contributed by atoms with Gasteiger partial charge in [-0.3, -0.25) is 9.69 Å². The van der Waals surface area contributed by atoms with Crippen LogP contribution in [0.2, 0.25) is 0 Å². The van der Waals surface area contributed by atoms with Crippen molar-refractivity contribution in [3.8, 4) is 6.07 Å². The highest BCUT2D eigenvalue weighted by molar-refractivity contribution is 7.14. The number of hydrogen-bond acceptors (Lipinski definition) is 5. The molecule has 1 aliphatic rings. The Morgan fingerprint density at radius 1 is 1.57 bits per heavy atom. The minimum absolute atomic E-state index is 0.0114. The highest BCUT2D eigenvalue weighted by atomic mass is 32.1. The van der Waals surface area contributed by atoms with Gasteiger partial charge in [0, 0.05) is 25.6 Å². The van der Waals surface area contributed by atoms with Gasteiger partial charge >= 0.3 is 0 Å². The minimum atomic E-state index is -0.0114. The van der Waals surface area contributed by atoms with Crippen molar-refractivity contribution in [2.24, 2.45) is 0 Å². The monoisotopic (exact) mass is 306 g/mol. The third kappa shape index (κ3) is 4.53. The van der Waals surface area contributed by atoms with E-state index in [1.54, 1.807) is 6.07 Å². The Morgan fingerprint density at radius 2 is 2.43 bits per heavy atom. The molecule has 0 aromatic carbocycles. The number of amides is 1. The second-order valence-electron chi connectivity index (χ2n) is 5.32. The number of nitrogens with zero attached hydrogens (tertiary/aromatic N) is 2. The zero-order valence-electron chi connectivity index (χ0n) is 12.4. The van der Waals surface area contributed by atoms with Gasteiger partial charge in [0.05, 0.1) is 5.56 Å². The summed E-state index contributed by atoms with van der Waals surface area (Å²) in [6.45, 7) is 2.83. The summed E-state index contributed by atoms with van der Waals surface area (Å²) in [5.74, 6) is -0.0114. The smallest absolute Gasteiger partial charge is 0.226 e. The van der Waals surface area contributed by atoms with E-state index in [0.29, 0.717) is 23.0 Å². The zero-order valence-corrected chi connectivity index (χ0v) is 13.2. The lowest BCUT2D eigenvalue weighted by atomic mass is 10.0. The number of carbonyl (C=O) groups excluding carboxylic acids is 1. The van der Waals surface area contributed by atoms with E-state index in [4.69, 9.17) is 5.26 Å². The molecule has 0 aliphatic carbocycles. The maximum Gasteiger partial charge on any atom is 0.226 e. The predicted molar refractivity (Wildman–Crippen MR) is 85.4 cm³/mol. The summed E-state index contributed by atoms with van der Waals surface area (Å²) < 4.78 is 0. The molecule has 2 N–H and O–H groups in total. The number of rotatable bonds is 6. The van der Waals surface area contributed by atoms with Crippen LogP contribution in [0, 0.1) is 11.3 Å². The first-order valence-corrected chi connectivity index (χ1v) is 8.28. The summed E-state index contributed by atoms with van der Waals surface area (Å²) in [6, 6.07) is 4.35. The van der Waals surface area contributed by atoms with E-state index in [2.05, 4.69) is 21.6 Å². The molecule has 1 aromatic heterocycles. The Kier molecular flexibility index (Phi) is 6.18. The van der Waals surface area contributed by atoms with E-state index < -0.39 is 0 Å². The normalized spacial score (nSPS) is 19.1. The second-order valence-corrected chi connectivity index (χ2v) is 6.23. The molecule has 0 saturated carbocycles. The summed E-state index contributed by atoms with van der Waals surface area (Å²) in [5.41, 5.74) is 0.541. The van der Waals surface area contributed by atoms with Gasteiger partial charge < -0.3 is 10.6 Å². The van der Waals surface area contributed by atoms with Crippen LogP contribution in [0.1, 0.15) is 31.2 Å². The molecular weight excluding hydrogens is 284 g/mol. The van der Waals surface area contributed by atoms with Gasteiger partial charge in [-0.1, -0.05) is 6.42 Å². The van der Waals surface area contributed by atoms with E-state index in [1.807, 2.05) is 12.4 Å². The van der Waals surface area contributed by atoms with Crippen molar-refractivity contribution in [1.82, 2.24) is 10.2 Å². The lowest BCUT2D eigenvalue weighted by molar-refractivity contribution is -0.116. The molecule has 114 valence electrons. The second kappa shape index (κ2) is 8.13. The highest BCUT2D eigenvalue weighted by Crippen LogP contribution is 2.22. The molecule has 1 unspecified atom stereocenters. The average molecular weight is 306 g/mol. The Bertz CT molecular complexity index is 506. The molecule has 0 bridgehead atoms. The summed E-state index contributed by atoms with van der Waals surface area (Å²) in [5, 5.41) is 17.5. The largest absolute Gasteiger partial charge is 0.318 e. The van der Waals surface area contributed by atoms with Crippen molar-refractivity contribution in [2.75, 3.05) is 32.0 Å². The number of nitriles is 1. The molecule has 6 heteroatoms. The molecule has 1 atom stereocenters. The molecule has 1 saturated heterocycles. The van der Waals surface area contributed by atoms with Crippen molar-refractivity contribution in [1.29, 1.82) is 5.26 Å². The first-order chi connectivity index (χ1) is 10.2. The van der Waals surface area contributed by atoms with Gasteiger partial charge in [-0.2, -0.15) is 5.26 Å². The Labute approximate surface area is 129 Å². The van der Waals surface area contributed by atoms with Crippen LogP contribution < -0.4 is 10.6 Å². The van der Waals surface area contributed by atoms with Crippen molar-refractivity contribution < 1.29 is 4.79 Å². The van der Waals surface area contributed by atoms with Crippen molar-refractivity contribution >= 4 is 22.2 Å². The van der Waals surface area contributed by atoms with Crippen molar-refractivity contribution in [3.05, 3.63) is 17.0 Å². The molecule has 2 heterocycles. The van der Waals surface area contributed by atoms with Gasteiger partial charge in [-0.05, 0) is 37.9 Å². The van der Waals surface area contributed by atoms with E-state index >= 15 is 0 Å². The molecule has 0 spiro atoms. The number of piperidine rings is 1. The summed E-state index contributed by atoms with van der Waals surface area (Å²) >= 11 is 1.39. The molecule has 1 aliphatic heterocycles. The van der Waals surface area contributed by atoms with Gasteiger partial charge in [0.25, 0.3) is 0 Å². The molecule has 5 nitrogen and oxygen atoms in total. The molecule has 1 amide bonds. The van der Waals surface area contributed by atoms with E-state index in [9.17, 15) is 4.79 Å². The predicted octanol–water partition coefficient (Wildman–Crippen LogP) is 2.02. The summed E-state index contributed by atoms with van der Waals surface area (Å²) in [4.78, 5) is 14.4. The quantitative estimate of drug-likeness (QED) is 0.844. The third-order valence-corrected chi connectivity index (χ3v) is 4.68. The van der Waals surface area contributed by atoms with Gasteiger partial charge in [-0.15, -0.1) is 11.3 Å². The van der Waals surface area contributed by atoms with Crippen LogP contribution in [-0.4, -0.2) is 43.5 Å². The Hall–Kier alpha value is -1.42. The van der Waals surface area contributed by atoms with Crippen LogP contribution in [0.4, 0.5) is 5.00 Å². The minimum Gasteiger partial charge on any atom is -0.318 e. The summed E-state index contributed by atoms with van der Waals surface area (Å²) in [6.07, 6.45) is 4.16. The fourth-order valence-corrected chi connectivity index (χ4v) is 3.50. The lowest BCUT2D eigenvalue weighted by Crippen LogP contribution is -2.45. The Balaban J connectivity index is 1.81. The van der Waals surface area contributed by atoms with E-state index in [1.165, 1.54) is 30.6 Å². The molecule has 1 aromatic rings. The number of nitrogens with one attached hydrogen (secondary N) is 2. The maximum absolute atomic E-state index is 12.0. The molecule has 0 radical (unpaired) electrons. The van der Waals surface area contributed by atoms with Crippen LogP contribution in [0.15, 0.2) is 11.4 Å². The summed E-state index contributed by atoms with van der Waals surface area (Å²) in [7, 11) is 1.97. The van der Waals surface area contributed by atoms with Crippen LogP contribution in [-0.2, 0) is 4.79 Å². The molecular formula is C15H22N4OS. The standard InChI is InChI=1S/C15H22N4OS/c1-17-11-13-4-2-3-7-19(13)8-5-14(20)18-15-12(10-16)6-9-21-15/h6,9,13,17H,2-5,7-8,11H2,1H3,(H,18,20). The number of anilines is 1. The van der Waals surface area contributed by atoms with E-state index in [0.717, 1.165) is 19.6 Å². The van der Waals surface area contributed by atoms with Crippen molar-refractivity contribution in [3.63, 3.8) is 0 Å². The first-order valence-electron chi connectivity index (χ1n) is 7.40. The fraction of sp³-hybridized carbons (Fsp3) is 0.600. The topological polar surface area (TPSA) is 68.2 Å². The number of likely N-dealkylation sites (tertiary alicyclic amines) is 1. The van der Waals surface area contributed by atoms with Gasteiger partial charge in [0.1, 0.15) is 11.1 Å². The van der Waals surface area contributed by atoms with Gasteiger partial charge in [-0.25, -0.2) is 0 Å². The van der Waals surface area contributed by atoms with Gasteiger partial charge in [0.15, 0.2) is 0 Å². The highest BCUT2D eigenvalue weighted by Gasteiger charge is 2.22. The molecule has 2 rings (SSSR count). The van der Waals surface area contributed by atoms with Crippen LogP contribution in [0.3, 0.4) is 0 Å². The van der Waals surface area contributed by atoms with Gasteiger partial charge in [0.2, 0.25) is 5.91 Å². The zero-order chi connectivity index (χ0) is 15.1. The third-order valence-electron chi connectivity index (χ3n) is 3.85. The maximum atomic E-state index is 12.0. The van der Waals surface area contributed by atoms with Crippen LogP contribution >= 0.6 is 11.3 Å². The van der Waals surface area contributed by atoms with Crippen molar-refractivity contribution in [2.45, 2.75) is 31.7 Å². The number of likely N-dealkylation sites (N-methyl/N-ethyl adjacent to an activating group) is 1. The molecule has 21 heavy (non-hydrogen) atoms. The number of hydrogen-bond donors (Lipinski definition) is 2. The first kappa shape index (κ1) is 16.0. The Morgan fingerprint density at radius 3 is 3.19 bits per heavy atom. The number of thiophene rings is 1. The SMILES string of the molecule is CNCC1CCCCN1CCC(=O)Nc1sccc1C#N. The van der Waals surface area contributed by atoms with Crippen LogP contribution in [0.25, 0.3) is 0 Å². The molecule has 1 fully saturated rings. The lowest BCUT2D eigenvalue weighted by Gasteiger charge is -2.35. The average Bonchev–Trinajstić information content (AvgIpc) is 2.94.